The molecular formula is C21H21F3N4O3S. The Kier molecular flexibility index (Phi) is 7.62. The fraction of sp³-hybridized carbons (Fsp3) is 0.286. The minimum atomic E-state index is -1.64. The Hall–Kier alpha value is -3.21. The Morgan fingerprint density at radius 2 is 1.84 bits per heavy atom. The number of halogens is 3. The van der Waals surface area contributed by atoms with E-state index in [1.165, 1.54) is 0 Å². The molecule has 0 bridgehead atoms. The molecule has 0 aliphatic rings. The molecule has 3 aromatic rings. The second kappa shape index (κ2) is 10.4. The molecule has 2 aromatic carbocycles. The van der Waals surface area contributed by atoms with Crippen LogP contribution in [0.4, 0.5) is 18.9 Å². The first-order chi connectivity index (χ1) is 15.3. The van der Waals surface area contributed by atoms with Crippen LogP contribution in [0.5, 0.6) is 11.5 Å². The Balaban J connectivity index is 1.67. The fourth-order valence-electron chi connectivity index (χ4n) is 2.90. The van der Waals surface area contributed by atoms with Gasteiger partial charge in [0.05, 0.1) is 18.6 Å². The summed E-state index contributed by atoms with van der Waals surface area (Å²) >= 11 is 1.07. The van der Waals surface area contributed by atoms with Gasteiger partial charge in [0, 0.05) is 6.54 Å². The molecule has 11 heteroatoms. The van der Waals surface area contributed by atoms with Crippen molar-refractivity contribution in [2.45, 2.75) is 31.7 Å². The minimum Gasteiger partial charge on any atom is -0.493 e. The molecule has 7 nitrogen and oxygen atoms in total. The number of carbonyl (C=O) groups excluding carboxylic acids is 1. The molecule has 0 spiro atoms. The molecule has 1 amide bonds. The van der Waals surface area contributed by atoms with E-state index in [9.17, 15) is 18.0 Å². The van der Waals surface area contributed by atoms with Crippen LogP contribution in [0.1, 0.15) is 25.8 Å². The largest absolute Gasteiger partial charge is 0.493 e. The van der Waals surface area contributed by atoms with Gasteiger partial charge in [0.15, 0.2) is 46.0 Å². The molecule has 0 saturated heterocycles. The molecule has 1 heterocycles. The van der Waals surface area contributed by atoms with Gasteiger partial charge in [-0.3, -0.25) is 4.79 Å². The highest BCUT2D eigenvalue weighted by atomic mass is 32.2. The lowest BCUT2D eigenvalue weighted by atomic mass is 10.3. The SMILES string of the molecule is CCn1c(SCC(=O)Nc2ccc(F)c(F)c2F)nnc1C(C)Oc1ccccc1OC. The number of thioether (sulfide) groups is 1. The van der Waals surface area contributed by atoms with Crippen molar-refractivity contribution in [3.05, 3.63) is 59.7 Å². The summed E-state index contributed by atoms with van der Waals surface area (Å²) in [6.07, 6.45) is -0.460. The van der Waals surface area contributed by atoms with E-state index >= 15 is 0 Å². The molecule has 1 atom stereocenters. The highest BCUT2D eigenvalue weighted by molar-refractivity contribution is 7.99. The summed E-state index contributed by atoms with van der Waals surface area (Å²) < 4.78 is 53.2. The van der Waals surface area contributed by atoms with Crippen molar-refractivity contribution in [1.82, 2.24) is 14.8 Å². The average molecular weight is 466 g/mol. The van der Waals surface area contributed by atoms with Crippen molar-refractivity contribution in [2.24, 2.45) is 0 Å². The third kappa shape index (κ3) is 5.16. The maximum atomic E-state index is 13.7. The van der Waals surface area contributed by atoms with Gasteiger partial charge in [-0.2, -0.15) is 0 Å². The van der Waals surface area contributed by atoms with Crippen LogP contribution in [0.3, 0.4) is 0 Å². The predicted octanol–water partition coefficient (Wildman–Crippen LogP) is 4.59. The van der Waals surface area contributed by atoms with Crippen molar-refractivity contribution in [2.75, 3.05) is 18.2 Å². The molecule has 0 aliphatic heterocycles. The summed E-state index contributed by atoms with van der Waals surface area (Å²) in [4.78, 5) is 12.2. The normalized spacial score (nSPS) is 11.8. The van der Waals surface area contributed by atoms with Crippen molar-refractivity contribution in [1.29, 1.82) is 0 Å². The zero-order chi connectivity index (χ0) is 23.3. The lowest BCUT2D eigenvalue weighted by molar-refractivity contribution is -0.113. The average Bonchev–Trinajstić information content (AvgIpc) is 3.21. The first kappa shape index (κ1) is 23.5. The van der Waals surface area contributed by atoms with Gasteiger partial charge in [0.2, 0.25) is 5.91 Å². The number of rotatable bonds is 9. The van der Waals surface area contributed by atoms with Crippen LogP contribution in [-0.2, 0) is 11.3 Å². The highest BCUT2D eigenvalue weighted by Crippen LogP contribution is 2.31. The quantitative estimate of drug-likeness (QED) is 0.367. The van der Waals surface area contributed by atoms with Crippen LogP contribution in [0.15, 0.2) is 41.6 Å². The predicted molar refractivity (Wildman–Crippen MR) is 113 cm³/mol. The second-order valence-corrected chi connectivity index (χ2v) is 7.50. The smallest absolute Gasteiger partial charge is 0.234 e. The van der Waals surface area contributed by atoms with Gasteiger partial charge in [-0.05, 0) is 38.1 Å². The van der Waals surface area contributed by atoms with E-state index in [-0.39, 0.29) is 5.75 Å². The number of nitrogens with one attached hydrogen (secondary N) is 1. The summed E-state index contributed by atoms with van der Waals surface area (Å²) in [5.41, 5.74) is -0.439. The van der Waals surface area contributed by atoms with Crippen molar-refractivity contribution in [3.8, 4) is 11.5 Å². The first-order valence-electron chi connectivity index (χ1n) is 9.64. The topological polar surface area (TPSA) is 78.3 Å². The van der Waals surface area contributed by atoms with Gasteiger partial charge < -0.3 is 19.4 Å². The van der Waals surface area contributed by atoms with E-state index in [0.29, 0.717) is 29.0 Å². The van der Waals surface area contributed by atoms with Crippen LogP contribution < -0.4 is 14.8 Å². The maximum absolute atomic E-state index is 13.7. The number of para-hydroxylation sites is 2. The molecule has 170 valence electrons. The molecule has 1 unspecified atom stereocenters. The molecule has 1 N–H and O–H groups in total. The zero-order valence-corrected chi connectivity index (χ0v) is 18.4. The second-order valence-electron chi connectivity index (χ2n) is 6.56. The van der Waals surface area contributed by atoms with Gasteiger partial charge >= 0.3 is 0 Å². The molecule has 0 fully saturated rings. The third-order valence-corrected chi connectivity index (χ3v) is 5.41. The fourth-order valence-corrected chi connectivity index (χ4v) is 3.71. The summed E-state index contributed by atoms with van der Waals surface area (Å²) in [5, 5.41) is 11.0. The lowest BCUT2D eigenvalue weighted by Gasteiger charge is -2.17. The summed E-state index contributed by atoms with van der Waals surface area (Å²) in [6, 6.07) is 8.91. The van der Waals surface area contributed by atoms with Crippen LogP contribution in [0.25, 0.3) is 0 Å². The Labute approximate surface area is 186 Å². The zero-order valence-electron chi connectivity index (χ0n) is 17.6. The Morgan fingerprint density at radius 3 is 2.53 bits per heavy atom. The Bertz CT molecular complexity index is 1110. The maximum Gasteiger partial charge on any atom is 0.234 e. The van der Waals surface area contributed by atoms with Gasteiger partial charge in [0.25, 0.3) is 0 Å². The van der Waals surface area contributed by atoms with E-state index in [0.717, 1.165) is 23.9 Å². The molecule has 32 heavy (non-hydrogen) atoms. The van der Waals surface area contributed by atoms with E-state index in [1.807, 2.05) is 26.0 Å². The Morgan fingerprint density at radius 1 is 1.12 bits per heavy atom. The highest BCUT2D eigenvalue weighted by Gasteiger charge is 2.21. The summed E-state index contributed by atoms with van der Waals surface area (Å²) in [7, 11) is 1.55. The number of hydrogen-bond donors (Lipinski definition) is 1. The molecule has 0 radical (unpaired) electrons. The lowest BCUT2D eigenvalue weighted by Crippen LogP contribution is -2.17. The number of aromatic nitrogens is 3. The van der Waals surface area contributed by atoms with Gasteiger partial charge in [0.1, 0.15) is 0 Å². The monoisotopic (exact) mass is 466 g/mol. The summed E-state index contributed by atoms with van der Waals surface area (Å²) in [6.45, 7) is 4.23. The number of hydrogen-bond acceptors (Lipinski definition) is 6. The number of methoxy groups -OCH3 is 1. The number of carbonyl (C=O) groups is 1. The van der Waals surface area contributed by atoms with E-state index in [1.54, 1.807) is 23.8 Å². The molecule has 3 rings (SSSR count). The number of nitrogens with zero attached hydrogens (tertiary/aromatic N) is 3. The van der Waals surface area contributed by atoms with Crippen LogP contribution in [-0.4, -0.2) is 33.5 Å². The number of benzene rings is 2. The molecular weight excluding hydrogens is 445 g/mol. The molecule has 1 aromatic heterocycles. The minimum absolute atomic E-state index is 0.141. The van der Waals surface area contributed by atoms with Crippen LogP contribution in [0.2, 0.25) is 0 Å². The van der Waals surface area contributed by atoms with Crippen LogP contribution >= 0.6 is 11.8 Å². The third-order valence-electron chi connectivity index (χ3n) is 4.44. The standard InChI is InChI=1S/C21H21F3N4O3S/c1-4-28-20(12(2)31-16-8-6-5-7-15(16)30-3)26-27-21(28)32-11-17(29)25-14-10-9-13(22)18(23)19(14)24/h5-10,12H,4,11H2,1-3H3,(H,25,29). The van der Waals surface area contributed by atoms with Crippen LogP contribution in [0, 0.1) is 17.5 Å². The van der Waals surface area contributed by atoms with Crippen molar-refractivity contribution >= 4 is 23.4 Å². The number of anilines is 1. The molecule has 0 aliphatic carbocycles. The van der Waals surface area contributed by atoms with Gasteiger partial charge in [-0.25, -0.2) is 13.2 Å². The van der Waals surface area contributed by atoms with E-state index < -0.39 is 35.2 Å². The van der Waals surface area contributed by atoms with Gasteiger partial charge in [-0.1, -0.05) is 23.9 Å². The van der Waals surface area contributed by atoms with Crippen molar-refractivity contribution in [3.63, 3.8) is 0 Å². The van der Waals surface area contributed by atoms with E-state index in [2.05, 4.69) is 15.5 Å². The van der Waals surface area contributed by atoms with Crippen molar-refractivity contribution < 1.29 is 27.4 Å². The van der Waals surface area contributed by atoms with Gasteiger partial charge in [-0.15, -0.1) is 10.2 Å². The number of ether oxygens (including phenoxy) is 2. The molecule has 0 saturated carbocycles. The number of amides is 1. The summed E-state index contributed by atoms with van der Waals surface area (Å²) in [5.74, 6) is -3.49. The van der Waals surface area contributed by atoms with E-state index in [4.69, 9.17) is 9.47 Å². The first-order valence-corrected chi connectivity index (χ1v) is 10.6.